The van der Waals surface area contributed by atoms with Crippen molar-refractivity contribution in [2.24, 2.45) is 0 Å². The normalized spacial score (nSPS) is 17.9. The number of carbonyl (C=O) groups excluding carboxylic acids is 1. The van der Waals surface area contributed by atoms with Crippen molar-refractivity contribution in [3.8, 4) is 0 Å². The fourth-order valence-corrected chi connectivity index (χ4v) is 3.73. The lowest BCUT2D eigenvalue weighted by molar-refractivity contribution is -0.115. The zero-order chi connectivity index (χ0) is 13.7. The molecule has 1 aliphatic carbocycles. The van der Waals surface area contributed by atoms with Crippen molar-refractivity contribution in [3.63, 3.8) is 0 Å². The van der Waals surface area contributed by atoms with E-state index in [0.29, 0.717) is 10.9 Å². The molecule has 1 aromatic rings. The molecule has 1 fully saturated rings. The van der Waals surface area contributed by atoms with Crippen molar-refractivity contribution in [1.29, 1.82) is 0 Å². The molecule has 2 rings (SSSR count). The molecule has 3 nitrogen and oxygen atoms in total. The van der Waals surface area contributed by atoms with Crippen LogP contribution in [-0.2, 0) is 4.79 Å². The smallest absolute Gasteiger partial charge is 0.237 e. The molecule has 1 unspecified atom stereocenters. The molecule has 0 spiro atoms. The fraction of sp³-hybridized carbons (Fsp3) is 0.533. The Morgan fingerprint density at radius 3 is 2.53 bits per heavy atom. The fourth-order valence-electron chi connectivity index (χ4n) is 2.36. The molecule has 1 amide bonds. The average Bonchev–Trinajstić information content (AvgIpc) is 2.42. The number of hydrogen-bond acceptors (Lipinski definition) is 3. The van der Waals surface area contributed by atoms with E-state index in [1.165, 1.54) is 32.1 Å². The molecule has 1 atom stereocenters. The summed E-state index contributed by atoms with van der Waals surface area (Å²) in [5.41, 5.74) is 7.15. The number of rotatable bonds is 4. The lowest BCUT2D eigenvalue weighted by atomic mass is 10.0. The molecular formula is C15H22N2OS. The van der Waals surface area contributed by atoms with E-state index >= 15 is 0 Å². The average molecular weight is 278 g/mol. The Kier molecular flexibility index (Phi) is 5.14. The van der Waals surface area contributed by atoms with E-state index in [4.69, 9.17) is 5.73 Å². The van der Waals surface area contributed by atoms with Gasteiger partial charge in [0.2, 0.25) is 5.91 Å². The van der Waals surface area contributed by atoms with Crippen LogP contribution in [0.1, 0.15) is 39.0 Å². The zero-order valence-corrected chi connectivity index (χ0v) is 12.2. The van der Waals surface area contributed by atoms with Crippen LogP contribution in [-0.4, -0.2) is 16.4 Å². The van der Waals surface area contributed by atoms with Crippen LogP contribution in [0.2, 0.25) is 0 Å². The van der Waals surface area contributed by atoms with Crippen LogP contribution < -0.4 is 11.1 Å². The number of amides is 1. The second-order valence-electron chi connectivity index (χ2n) is 5.15. The maximum absolute atomic E-state index is 12.1. The first kappa shape index (κ1) is 14.3. The summed E-state index contributed by atoms with van der Waals surface area (Å²) in [7, 11) is 0. The quantitative estimate of drug-likeness (QED) is 0.826. The molecule has 4 heteroatoms. The van der Waals surface area contributed by atoms with Crippen molar-refractivity contribution in [3.05, 3.63) is 24.3 Å². The summed E-state index contributed by atoms with van der Waals surface area (Å²) in [4.78, 5) is 12.1. The summed E-state index contributed by atoms with van der Waals surface area (Å²) in [5, 5.41) is 3.60. The number of nitrogens with one attached hydrogen (secondary N) is 1. The van der Waals surface area contributed by atoms with E-state index in [1.54, 1.807) is 12.1 Å². The zero-order valence-electron chi connectivity index (χ0n) is 11.4. The van der Waals surface area contributed by atoms with Gasteiger partial charge in [0, 0.05) is 16.6 Å². The van der Waals surface area contributed by atoms with Crippen LogP contribution in [0.15, 0.2) is 24.3 Å². The number of benzene rings is 1. The van der Waals surface area contributed by atoms with Gasteiger partial charge in [-0.05, 0) is 44.0 Å². The molecule has 0 aliphatic heterocycles. The van der Waals surface area contributed by atoms with Crippen molar-refractivity contribution in [2.45, 2.75) is 49.5 Å². The van der Waals surface area contributed by atoms with E-state index in [0.717, 1.165) is 5.69 Å². The first-order valence-electron chi connectivity index (χ1n) is 6.97. The highest BCUT2D eigenvalue weighted by Gasteiger charge is 2.21. The molecule has 3 N–H and O–H groups in total. The largest absolute Gasteiger partial charge is 0.399 e. The van der Waals surface area contributed by atoms with Crippen molar-refractivity contribution < 1.29 is 4.79 Å². The van der Waals surface area contributed by atoms with Gasteiger partial charge in [-0.2, -0.15) is 0 Å². The number of hydrogen-bond donors (Lipinski definition) is 2. The van der Waals surface area contributed by atoms with Gasteiger partial charge in [0.15, 0.2) is 0 Å². The van der Waals surface area contributed by atoms with Gasteiger partial charge in [-0.15, -0.1) is 11.8 Å². The number of carbonyl (C=O) groups is 1. The lowest BCUT2D eigenvalue weighted by Gasteiger charge is -2.23. The predicted octanol–water partition coefficient (Wildman–Crippen LogP) is 3.66. The summed E-state index contributed by atoms with van der Waals surface area (Å²) < 4.78 is 0. The van der Waals surface area contributed by atoms with E-state index in [1.807, 2.05) is 30.8 Å². The SMILES string of the molecule is CC(SC1CCCCC1)C(=O)Nc1ccc(N)cc1. The number of thioether (sulfide) groups is 1. The second kappa shape index (κ2) is 6.85. The molecule has 1 saturated carbocycles. The van der Waals surface area contributed by atoms with E-state index in [-0.39, 0.29) is 11.2 Å². The standard InChI is InChI=1S/C15H22N2OS/c1-11(19-14-5-3-2-4-6-14)15(18)17-13-9-7-12(16)8-10-13/h7-11,14H,2-6,16H2,1H3,(H,17,18). The van der Waals surface area contributed by atoms with Crippen LogP contribution in [0.3, 0.4) is 0 Å². The Balaban J connectivity index is 1.83. The Morgan fingerprint density at radius 1 is 1.26 bits per heavy atom. The van der Waals surface area contributed by atoms with E-state index in [2.05, 4.69) is 5.32 Å². The third-order valence-corrected chi connectivity index (χ3v) is 4.97. The van der Waals surface area contributed by atoms with Crippen LogP contribution in [0.4, 0.5) is 11.4 Å². The Labute approximate surface area is 119 Å². The summed E-state index contributed by atoms with van der Waals surface area (Å²) in [6, 6.07) is 7.28. The van der Waals surface area contributed by atoms with Crippen LogP contribution >= 0.6 is 11.8 Å². The maximum atomic E-state index is 12.1. The molecular weight excluding hydrogens is 256 g/mol. The van der Waals surface area contributed by atoms with Gasteiger partial charge in [0.25, 0.3) is 0 Å². The molecule has 104 valence electrons. The van der Waals surface area contributed by atoms with Gasteiger partial charge < -0.3 is 11.1 Å². The summed E-state index contributed by atoms with van der Waals surface area (Å²) in [5.74, 6) is 0.0837. The van der Waals surface area contributed by atoms with Crippen molar-refractivity contribution in [2.75, 3.05) is 11.1 Å². The first-order valence-corrected chi connectivity index (χ1v) is 7.91. The first-order chi connectivity index (χ1) is 9.15. The van der Waals surface area contributed by atoms with Crippen molar-refractivity contribution >= 4 is 29.0 Å². The molecule has 19 heavy (non-hydrogen) atoms. The molecule has 1 aliphatic rings. The number of anilines is 2. The highest BCUT2D eigenvalue weighted by atomic mass is 32.2. The van der Waals surface area contributed by atoms with Gasteiger partial charge in [-0.25, -0.2) is 0 Å². The molecule has 0 radical (unpaired) electrons. The van der Waals surface area contributed by atoms with Crippen LogP contribution in [0.5, 0.6) is 0 Å². The summed E-state index contributed by atoms with van der Waals surface area (Å²) in [6.45, 7) is 1.99. The Hall–Kier alpha value is -1.16. The summed E-state index contributed by atoms with van der Waals surface area (Å²) >= 11 is 1.81. The molecule has 0 saturated heterocycles. The number of nitrogen functional groups attached to an aromatic ring is 1. The topological polar surface area (TPSA) is 55.1 Å². The maximum Gasteiger partial charge on any atom is 0.237 e. The van der Waals surface area contributed by atoms with Gasteiger partial charge >= 0.3 is 0 Å². The minimum absolute atomic E-state index is 0.000605. The van der Waals surface area contributed by atoms with Gasteiger partial charge in [0.05, 0.1) is 5.25 Å². The number of nitrogens with two attached hydrogens (primary N) is 1. The molecule has 0 bridgehead atoms. The third-order valence-electron chi connectivity index (χ3n) is 3.50. The van der Waals surface area contributed by atoms with E-state index in [9.17, 15) is 4.79 Å². The highest BCUT2D eigenvalue weighted by Crippen LogP contribution is 2.31. The van der Waals surface area contributed by atoms with Crippen molar-refractivity contribution in [1.82, 2.24) is 0 Å². The predicted molar refractivity (Wildman–Crippen MR) is 83.4 cm³/mol. The van der Waals surface area contributed by atoms with Gasteiger partial charge in [-0.3, -0.25) is 4.79 Å². The second-order valence-corrected chi connectivity index (χ2v) is 6.80. The van der Waals surface area contributed by atoms with Crippen LogP contribution in [0.25, 0.3) is 0 Å². The van der Waals surface area contributed by atoms with E-state index < -0.39 is 0 Å². The minimum Gasteiger partial charge on any atom is -0.399 e. The Morgan fingerprint density at radius 2 is 1.89 bits per heavy atom. The monoisotopic (exact) mass is 278 g/mol. The highest BCUT2D eigenvalue weighted by molar-refractivity contribution is 8.01. The van der Waals surface area contributed by atoms with Gasteiger partial charge in [0.1, 0.15) is 0 Å². The molecule has 1 aromatic carbocycles. The molecule has 0 heterocycles. The molecule has 0 aromatic heterocycles. The lowest BCUT2D eigenvalue weighted by Crippen LogP contribution is -2.25. The minimum atomic E-state index is 0.000605. The summed E-state index contributed by atoms with van der Waals surface area (Å²) in [6.07, 6.45) is 6.48. The van der Waals surface area contributed by atoms with Crippen LogP contribution in [0, 0.1) is 0 Å². The van der Waals surface area contributed by atoms with Gasteiger partial charge in [-0.1, -0.05) is 19.3 Å². The Bertz CT molecular complexity index is 413. The third kappa shape index (κ3) is 4.46.